The van der Waals surface area contributed by atoms with Crippen molar-refractivity contribution in [3.8, 4) is 0 Å². The van der Waals surface area contributed by atoms with E-state index in [1.807, 2.05) is 4.90 Å². The molecule has 2 fully saturated rings. The number of nitrogens with zero attached hydrogens (tertiary/aromatic N) is 2. The number of hydrogen-bond acceptors (Lipinski definition) is 4. The number of rotatable bonds is 4. The summed E-state index contributed by atoms with van der Waals surface area (Å²) in [7, 11) is 1.74. The molecule has 3 aliphatic rings. The number of methoxy groups -OCH3 is 1. The SMILES string of the molecule is CO[C@H]1C[C@@H](C(=O)N2CCCC2)N(CC2=CCCOC2)C1. The van der Waals surface area contributed by atoms with E-state index in [1.54, 1.807) is 7.11 Å². The summed E-state index contributed by atoms with van der Waals surface area (Å²) in [5.74, 6) is 0.296. The fourth-order valence-electron chi connectivity index (χ4n) is 3.59. The Hall–Kier alpha value is -0.910. The molecule has 5 heteroatoms. The number of ether oxygens (including phenoxy) is 2. The molecule has 0 aliphatic carbocycles. The van der Waals surface area contributed by atoms with Crippen LogP contribution in [0.4, 0.5) is 0 Å². The first-order chi connectivity index (χ1) is 10.3. The van der Waals surface area contributed by atoms with Crippen LogP contribution in [0.3, 0.4) is 0 Å². The maximum atomic E-state index is 12.7. The van der Waals surface area contributed by atoms with Crippen LogP contribution < -0.4 is 0 Å². The molecule has 3 aliphatic heterocycles. The van der Waals surface area contributed by atoms with Crippen molar-refractivity contribution < 1.29 is 14.3 Å². The Morgan fingerprint density at radius 3 is 2.90 bits per heavy atom. The standard InChI is InChI=1S/C16H26N2O3/c1-20-14-9-15(16(19)17-6-2-3-7-17)18(11-14)10-13-5-4-8-21-12-13/h5,14-15H,2-4,6-12H2,1H3/t14-,15-/m0/s1. The molecular weight excluding hydrogens is 268 g/mol. The number of carbonyl (C=O) groups is 1. The van der Waals surface area contributed by atoms with Gasteiger partial charge >= 0.3 is 0 Å². The first-order valence-corrected chi connectivity index (χ1v) is 8.09. The van der Waals surface area contributed by atoms with Crippen molar-refractivity contribution in [1.82, 2.24) is 9.80 Å². The Kier molecular flexibility index (Phi) is 4.93. The third-order valence-corrected chi connectivity index (χ3v) is 4.79. The van der Waals surface area contributed by atoms with Gasteiger partial charge in [-0.15, -0.1) is 0 Å². The number of hydrogen-bond donors (Lipinski definition) is 0. The van der Waals surface area contributed by atoms with Gasteiger partial charge in [0.15, 0.2) is 0 Å². The molecule has 0 bridgehead atoms. The lowest BCUT2D eigenvalue weighted by Crippen LogP contribution is -2.45. The van der Waals surface area contributed by atoms with Gasteiger partial charge in [-0.1, -0.05) is 6.08 Å². The molecule has 3 rings (SSSR count). The van der Waals surface area contributed by atoms with Crippen LogP contribution in [0.5, 0.6) is 0 Å². The summed E-state index contributed by atoms with van der Waals surface area (Å²) in [5, 5.41) is 0. The van der Waals surface area contributed by atoms with E-state index in [1.165, 1.54) is 5.57 Å². The minimum Gasteiger partial charge on any atom is -0.380 e. The summed E-state index contributed by atoms with van der Waals surface area (Å²) < 4.78 is 11.0. The van der Waals surface area contributed by atoms with Crippen LogP contribution in [0.25, 0.3) is 0 Å². The predicted octanol–water partition coefficient (Wildman–Crippen LogP) is 1.04. The van der Waals surface area contributed by atoms with Crippen molar-refractivity contribution in [3.05, 3.63) is 11.6 Å². The summed E-state index contributed by atoms with van der Waals surface area (Å²) in [6.45, 7) is 5.06. The van der Waals surface area contributed by atoms with Crippen LogP contribution in [-0.4, -0.2) is 74.4 Å². The molecule has 3 heterocycles. The molecule has 0 aromatic carbocycles. The Labute approximate surface area is 126 Å². The highest BCUT2D eigenvalue weighted by atomic mass is 16.5. The first-order valence-electron chi connectivity index (χ1n) is 8.09. The largest absolute Gasteiger partial charge is 0.380 e. The lowest BCUT2D eigenvalue weighted by molar-refractivity contribution is -0.134. The zero-order chi connectivity index (χ0) is 14.7. The Balaban J connectivity index is 1.66. The van der Waals surface area contributed by atoms with Gasteiger partial charge in [-0.25, -0.2) is 0 Å². The molecule has 0 aromatic heterocycles. The normalized spacial score (nSPS) is 30.7. The van der Waals surface area contributed by atoms with Gasteiger partial charge in [0.2, 0.25) is 5.91 Å². The van der Waals surface area contributed by atoms with Crippen molar-refractivity contribution in [1.29, 1.82) is 0 Å². The fourth-order valence-corrected chi connectivity index (χ4v) is 3.59. The molecule has 0 N–H and O–H groups in total. The second-order valence-corrected chi connectivity index (χ2v) is 6.27. The van der Waals surface area contributed by atoms with Gasteiger partial charge in [0.1, 0.15) is 0 Å². The van der Waals surface area contributed by atoms with E-state index in [0.29, 0.717) is 12.5 Å². The zero-order valence-electron chi connectivity index (χ0n) is 12.9. The number of carbonyl (C=O) groups excluding carboxylic acids is 1. The molecule has 5 nitrogen and oxygen atoms in total. The van der Waals surface area contributed by atoms with Crippen LogP contribution >= 0.6 is 0 Å². The highest BCUT2D eigenvalue weighted by molar-refractivity contribution is 5.82. The molecule has 1 amide bonds. The molecule has 0 unspecified atom stereocenters. The van der Waals surface area contributed by atoms with Crippen molar-refractivity contribution >= 4 is 5.91 Å². The smallest absolute Gasteiger partial charge is 0.240 e. The molecule has 118 valence electrons. The molecule has 0 aromatic rings. The molecule has 2 atom stereocenters. The van der Waals surface area contributed by atoms with Crippen LogP contribution in [0, 0.1) is 0 Å². The van der Waals surface area contributed by atoms with E-state index >= 15 is 0 Å². The predicted molar refractivity (Wildman–Crippen MR) is 80.1 cm³/mol. The average Bonchev–Trinajstić information content (AvgIpc) is 3.17. The maximum Gasteiger partial charge on any atom is 0.240 e. The number of likely N-dealkylation sites (tertiary alicyclic amines) is 2. The topological polar surface area (TPSA) is 42.0 Å². The second kappa shape index (κ2) is 6.90. The molecule has 0 radical (unpaired) electrons. The monoisotopic (exact) mass is 294 g/mol. The second-order valence-electron chi connectivity index (χ2n) is 6.27. The van der Waals surface area contributed by atoms with E-state index in [-0.39, 0.29) is 12.1 Å². The molecule has 2 saturated heterocycles. The zero-order valence-corrected chi connectivity index (χ0v) is 12.9. The van der Waals surface area contributed by atoms with Gasteiger partial charge in [-0.2, -0.15) is 0 Å². The lowest BCUT2D eigenvalue weighted by atomic mass is 10.1. The van der Waals surface area contributed by atoms with Gasteiger partial charge in [0.25, 0.3) is 0 Å². The van der Waals surface area contributed by atoms with Crippen molar-refractivity contribution in [2.75, 3.05) is 46.5 Å². The van der Waals surface area contributed by atoms with Gasteiger partial charge in [0, 0.05) is 33.3 Å². The fraction of sp³-hybridized carbons (Fsp3) is 0.812. The lowest BCUT2D eigenvalue weighted by Gasteiger charge is -2.28. The van der Waals surface area contributed by atoms with Crippen molar-refractivity contribution in [2.24, 2.45) is 0 Å². The van der Waals surface area contributed by atoms with Crippen LogP contribution in [0.15, 0.2) is 11.6 Å². The number of amides is 1. The van der Waals surface area contributed by atoms with E-state index in [2.05, 4.69) is 11.0 Å². The summed E-state index contributed by atoms with van der Waals surface area (Å²) >= 11 is 0. The summed E-state index contributed by atoms with van der Waals surface area (Å²) in [6, 6.07) is -0.0177. The van der Waals surface area contributed by atoms with Gasteiger partial charge in [0.05, 0.1) is 25.4 Å². The van der Waals surface area contributed by atoms with E-state index in [4.69, 9.17) is 9.47 Å². The maximum absolute atomic E-state index is 12.7. The van der Waals surface area contributed by atoms with E-state index in [0.717, 1.165) is 58.5 Å². The Morgan fingerprint density at radius 2 is 2.24 bits per heavy atom. The molecular formula is C16H26N2O3. The van der Waals surface area contributed by atoms with Gasteiger partial charge in [-0.05, 0) is 31.3 Å². The molecule has 0 spiro atoms. The van der Waals surface area contributed by atoms with Crippen LogP contribution in [-0.2, 0) is 14.3 Å². The quantitative estimate of drug-likeness (QED) is 0.727. The summed E-state index contributed by atoms with van der Waals surface area (Å²) in [4.78, 5) is 17.1. The molecule has 0 saturated carbocycles. The highest BCUT2D eigenvalue weighted by Gasteiger charge is 2.39. The van der Waals surface area contributed by atoms with Crippen LogP contribution in [0.2, 0.25) is 0 Å². The Bertz CT molecular complexity index is 404. The molecule has 21 heavy (non-hydrogen) atoms. The third-order valence-electron chi connectivity index (χ3n) is 4.79. The third kappa shape index (κ3) is 3.47. The first kappa shape index (κ1) is 15.0. The van der Waals surface area contributed by atoms with Gasteiger partial charge in [-0.3, -0.25) is 9.69 Å². The minimum absolute atomic E-state index is 0.0177. The highest BCUT2D eigenvalue weighted by Crippen LogP contribution is 2.25. The average molecular weight is 294 g/mol. The van der Waals surface area contributed by atoms with Crippen molar-refractivity contribution in [2.45, 2.75) is 37.8 Å². The van der Waals surface area contributed by atoms with E-state index in [9.17, 15) is 4.79 Å². The summed E-state index contributed by atoms with van der Waals surface area (Å²) in [5.41, 5.74) is 1.30. The van der Waals surface area contributed by atoms with Gasteiger partial charge < -0.3 is 14.4 Å². The van der Waals surface area contributed by atoms with Crippen LogP contribution in [0.1, 0.15) is 25.7 Å². The van der Waals surface area contributed by atoms with E-state index < -0.39 is 0 Å². The van der Waals surface area contributed by atoms with Crippen molar-refractivity contribution in [3.63, 3.8) is 0 Å². The Morgan fingerprint density at radius 1 is 1.43 bits per heavy atom. The minimum atomic E-state index is -0.0177. The summed E-state index contributed by atoms with van der Waals surface area (Å²) in [6.07, 6.45) is 6.53.